The molecule has 1 aliphatic rings. The molecule has 0 unspecified atom stereocenters. The Morgan fingerprint density at radius 2 is 1.95 bits per heavy atom. The molecule has 2 rings (SSSR count). The molecule has 6 nitrogen and oxygen atoms in total. The Kier molecular flexibility index (Phi) is 4.70. The van der Waals surface area contributed by atoms with E-state index in [-0.39, 0.29) is 11.6 Å². The summed E-state index contributed by atoms with van der Waals surface area (Å²) in [6, 6.07) is 5.38. The highest BCUT2D eigenvalue weighted by Crippen LogP contribution is 2.28. The maximum atomic E-state index is 11.9. The topological polar surface area (TPSA) is 61.9 Å². The Bertz CT molecular complexity index is 621. The van der Waals surface area contributed by atoms with Gasteiger partial charge >= 0.3 is 6.03 Å². The van der Waals surface area contributed by atoms with Crippen LogP contribution in [0.3, 0.4) is 0 Å². The van der Waals surface area contributed by atoms with E-state index in [1.54, 1.807) is 13.2 Å². The van der Waals surface area contributed by atoms with Crippen molar-refractivity contribution in [3.05, 3.63) is 29.5 Å². The fraction of sp³-hybridized carbons (Fsp3) is 0.375. The second-order valence-electron chi connectivity index (χ2n) is 4.95. The summed E-state index contributed by atoms with van der Waals surface area (Å²) in [5, 5.41) is 2.55. The molecule has 0 spiro atoms. The number of anilines is 1. The van der Waals surface area contributed by atoms with Gasteiger partial charge in [0.1, 0.15) is 11.4 Å². The van der Waals surface area contributed by atoms with E-state index < -0.39 is 6.03 Å². The maximum Gasteiger partial charge on any atom is 0.328 e. The number of rotatable bonds is 5. The minimum atomic E-state index is -0.421. The summed E-state index contributed by atoms with van der Waals surface area (Å²) in [7, 11) is 3.03. The Balaban J connectivity index is 2.36. The molecule has 1 aliphatic heterocycles. The summed E-state index contributed by atoms with van der Waals surface area (Å²) in [5.74, 6) is 0.313. The van der Waals surface area contributed by atoms with Gasteiger partial charge < -0.3 is 15.0 Å². The van der Waals surface area contributed by atoms with Crippen LogP contribution in [0, 0.1) is 0 Å². The second kappa shape index (κ2) is 6.51. The quantitative estimate of drug-likeness (QED) is 0.668. The molecule has 0 saturated carbocycles. The van der Waals surface area contributed by atoms with E-state index in [0.717, 1.165) is 29.2 Å². The predicted molar refractivity (Wildman–Crippen MR) is 85.8 cm³/mol. The van der Waals surface area contributed by atoms with Gasteiger partial charge in [-0.3, -0.25) is 9.69 Å². The van der Waals surface area contributed by atoms with E-state index in [9.17, 15) is 9.59 Å². The number of carbonyl (C=O) groups is 2. The van der Waals surface area contributed by atoms with Crippen LogP contribution in [-0.2, 0) is 4.79 Å². The third-order valence-electron chi connectivity index (χ3n) is 3.73. The Morgan fingerprint density at radius 3 is 2.45 bits per heavy atom. The number of benzene rings is 1. The number of nitrogens with one attached hydrogen (secondary N) is 1. The first kappa shape index (κ1) is 15.9. The van der Waals surface area contributed by atoms with E-state index in [0.29, 0.717) is 5.75 Å². The molecule has 3 amide bonds. The van der Waals surface area contributed by atoms with Crippen molar-refractivity contribution in [1.29, 1.82) is 0 Å². The fourth-order valence-electron chi connectivity index (χ4n) is 2.38. The first-order valence-electron chi connectivity index (χ1n) is 7.25. The highest BCUT2D eigenvalue weighted by Gasteiger charge is 2.30. The molecule has 1 aromatic rings. The van der Waals surface area contributed by atoms with Crippen molar-refractivity contribution in [3.63, 3.8) is 0 Å². The lowest BCUT2D eigenvalue weighted by Crippen LogP contribution is -2.25. The number of imide groups is 1. The molecule has 1 aromatic carbocycles. The standard InChI is InChI=1S/C16H21N3O3/c1-5-19(6-2)12-8-7-11(14(10-12)22-4)9-13-15(20)18(3)16(21)17-13/h7-10H,5-6H2,1-4H3,(H,17,21)/b13-9+. The highest BCUT2D eigenvalue weighted by molar-refractivity contribution is 6.13. The number of hydrogen-bond donors (Lipinski definition) is 1. The maximum absolute atomic E-state index is 11.9. The van der Waals surface area contributed by atoms with E-state index in [4.69, 9.17) is 4.74 Å². The van der Waals surface area contributed by atoms with Crippen molar-refractivity contribution >= 4 is 23.7 Å². The van der Waals surface area contributed by atoms with Gasteiger partial charge in [-0.2, -0.15) is 0 Å². The lowest BCUT2D eigenvalue weighted by atomic mass is 10.1. The Hall–Kier alpha value is -2.50. The smallest absolute Gasteiger partial charge is 0.328 e. The van der Waals surface area contributed by atoms with Gasteiger partial charge in [-0.15, -0.1) is 0 Å². The van der Waals surface area contributed by atoms with Crippen LogP contribution in [0.15, 0.2) is 23.9 Å². The summed E-state index contributed by atoms with van der Waals surface area (Å²) in [6.07, 6.45) is 1.63. The first-order chi connectivity index (χ1) is 10.5. The zero-order valence-corrected chi connectivity index (χ0v) is 13.3. The van der Waals surface area contributed by atoms with Crippen molar-refractivity contribution < 1.29 is 14.3 Å². The molecule has 1 fully saturated rings. The number of urea groups is 1. The van der Waals surface area contributed by atoms with Crippen LogP contribution in [0.5, 0.6) is 5.75 Å². The summed E-state index contributed by atoms with van der Waals surface area (Å²) in [6.45, 7) is 5.99. The van der Waals surface area contributed by atoms with Gasteiger partial charge in [0.2, 0.25) is 0 Å². The van der Waals surface area contributed by atoms with Gasteiger partial charge in [0.05, 0.1) is 7.11 Å². The molecule has 0 radical (unpaired) electrons. The van der Waals surface area contributed by atoms with Crippen molar-refractivity contribution in [3.8, 4) is 5.75 Å². The van der Waals surface area contributed by atoms with E-state index in [1.165, 1.54) is 7.05 Å². The zero-order chi connectivity index (χ0) is 16.3. The second-order valence-corrected chi connectivity index (χ2v) is 4.95. The average Bonchev–Trinajstić information content (AvgIpc) is 2.77. The number of hydrogen-bond acceptors (Lipinski definition) is 4. The highest BCUT2D eigenvalue weighted by atomic mass is 16.5. The number of methoxy groups -OCH3 is 1. The summed E-state index contributed by atoms with van der Waals surface area (Å²) in [4.78, 5) is 26.6. The summed E-state index contributed by atoms with van der Waals surface area (Å²) in [5.41, 5.74) is 2.06. The molecule has 0 aromatic heterocycles. The van der Waals surface area contributed by atoms with Crippen molar-refractivity contribution in [2.24, 2.45) is 0 Å². The van der Waals surface area contributed by atoms with E-state index in [2.05, 4.69) is 24.1 Å². The predicted octanol–water partition coefficient (Wildman–Crippen LogP) is 2.06. The number of amides is 3. The van der Waals surface area contributed by atoms with Crippen LogP contribution in [0.1, 0.15) is 19.4 Å². The van der Waals surface area contributed by atoms with Crippen LogP contribution in [-0.4, -0.2) is 44.1 Å². The molecule has 6 heteroatoms. The molecule has 1 saturated heterocycles. The normalized spacial score (nSPS) is 16.2. The SMILES string of the molecule is CCN(CC)c1ccc(/C=C2/NC(=O)N(C)C2=O)c(OC)c1. The molecule has 22 heavy (non-hydrogen) atoms. The summed E-state index contributed by atoms with van der Waals surface area (Å²) >= 11 is 0. The van der Waals surface area contributed by atoms with Crippen LogP contribution in [0.4, 0.5) is 10.5 Å². The summed E-state index contributed by atoms with van der Waals surface area (Å²) < 4.78 is 5.42. The lowest BCUT2D eigenvalue weighted by molar-refractivity contribution is -0.121. The number of nitrogens with zero attached hydrogens (tertiary/aromatic N) is 2. The molecule has 0 aliphatic carbocycles. The Labute approximate surface area is 130 Å². The minimum absolute atomic E-state index is 0.251. The van der Waals surface area contributed by atoms with Gasteiger partial charge in [-0.05, 0) is 32.1 Å². The van der Waals surface area contributed by atoms with Gasteiger partial charge in [0.15, 0.2) is 0 Å². The van der Waals surface area contributed by atoms with Crippen LogP contribution < -0.4 is 15.0 Å². The number of likely N-dealkylation sites (N-methyl/N-ethyl adjacent to an activating group) is 1. The van der Waals surface area contributed by atoms with Crippen molar-refractivity contribution in [2.75, 3.05) is 32.1 Å². The molecule has 118 valence electrons. The van der Waals surface area contributed by atoms with E-state index >= 15 is 0 Å². The van der Waals surface area contributed by atoms with Crippen molar-refractivity contribution in [2.45, 2.75) is 13.8 Å². The first-order valence-corrected chi connectivity index (χ1v) is 7.25. The molecular weight excluding hydrogens is 282 g/mol. The minimum Gasteiger partial charge on any atom is -0.496 e. The van der Waals surface area contributed by atoms with Gasteiger partial charge in [0.25, 0.3) is 5.91 Å². The molecule has 1 heterocycles. The molecular formula is C16H21N3O3. The van der Waals surface area contributed by atoms with Gasteiger partial charge in [0, 0.05) is 37.5 Å². The molecule has 0 bridgehead atoms. The zero-order valence-electron chi connectivity index (χ0n) is 13.3. The average molecular weight is 303 g/mol. The van der Waals surface area contributed by atoms with Crippen LogP contribution in [0.2, 0.25) is 0 Å². The van der Waals surface area contributed by atoms with Gasteiger partial charge in [-0.1, -0.05) is 0 Å². The monoisotopic (exact) mass is 303 g/mol. The number of ether oxygens (including phenoxy) is 1. The van der Waals surface area contributed by atoms with Crippen molar-refractivity contribution in [1.82, 2.24) is 10.2 Å². The largest absolute Gasteiger partial charge is 0.496 e. The molecule has 0 atom stereocenters. The van der Waals surface area contributed by atoms with Gasteiger partial charge in [-0.25, -0.2) is 4.79 Å². The third-order valence-corrected chi connectivity index (χ3v) is 3.73. The number of carbonyl (C=O) groups excluding carboxylic acids is 2. The van der Waals surface area contributed by atoms with E-state index in [1.807, 2.05) is 18.2 Å². The Morgan fingerprint density at radius 1 is 1.27 bits per heavy atom. The fourth-order valence-corrected chi connectivity index (χ4v) is 2.38. The van der Waals surface area contributed by atoms with Crippen LogP contribution in [0.25, 0.3) is 6.08 Å². The molecule has 1 N–H and O–H groups in total. The van der Waals surface area contributed by atoms with Crippen LogP contribution >= 0.6 is 0 Å². The third kappa shape index (κ3) is 2.90. The lowest BCUT2D eigenvalue weighted by Gasteiger charge is -2.22.